The summed E-state index contributed by atoms with van der Waals surface area (Å²) in [6.07, 6.45) is 3.36. The van der Waals surface area contributed by atoms with Crippen molar-refractivity contribution in [3.63, 3.8) is 0 Å². The summed E-state index contributed by atoms with van der Waals surface area (Å²) in [6, 6.07) is 8.16. The Morgan fingerprint density at radius 3 is 3.15 bits per heavy atom. The van der Waals surface area contributed by atoms with Crippen molar-refractivity contribution in [2.24, 2.45) is 0 Å². The van der Waals surface area contributed by atoms with Crippen molar-refractivity contribution in [1.29, 1.82) is 0 Å². The van der Waals surface area contributed by atoms with Crippen LogP contribution in [0.25, 0.3) is 0 Å². The summed E-state index contributed by atoms with van der Waals surface area (Å²) in [6.45, 7) is 3.94. The minimum atomic E-state index is 0.00227. The molecule has 2 heterocycles. The number of rotatable bonds is 3. The molecule has 2 N–H and O–H groups in total. The van der Waals surface area contributed by atoms with E-state index in [9.17, 15) is 4.79 Å². The second-order valence-corrected chi connectivity index (χ2v) is 7.66. The largest absolute Gasteiger partial charge is 0.385 e. The van der Waals surface area contributed by atoms with Crippen molar-refractivity contribution < 1.29 is 4.79 Å². The summed E-state index contributed by atoms with van der Waals surface area (Å²) in [5.74, 6) is 1.41. The summed E-state index contributed by atoms with van der Waals surface area (Å²) in [7, 11) is 0. The maximum absolute atomic E-state index is 12.5. The maximum Gasteiger partial charge on any atom is 0.227 e. The molecule has 1 saturated heterocycles. The van der Waals surface area contributed by atoms with Gasteiger partial charge in [0.2, 0.25) is 5.91 Å². The molecule has 3 nitrogen and oxygen atoms in total. The molecule has 1 aromatic carbocycles. The Morgan fingerprint density at radius 2 is 2.35 bits per heavy atom. The highest BCUT2D eigenvalue weighted by molar-refractivity contribution is 8.00. The minimum Gasteiger partial charge on any atom is -0.385 e. The fourth-order valence-corrected chi connectivity index (χ4v) is 4.36. The predicted molar refractivity (Wildman–Crippen MR) is 85.4 cm³/mol. The normalized spacial score (nSPS) is 28.6. The van der Waals surface area contributed by atoms with E-state index in [-0.39, 0.29) is 16.6 Å². The van der Waals surface area contributed by atoms with Crippen molar-refractivity contribution in [2.45, 2.75) is 36.9 Å². The summed E-state index contributed by atoms with van der Waals surface area (Å²) in [5.41, 5.74) is 2.25. The summed E-state index contributed by atoms with van der Waals surface area (Å²) < 4.78 is 0.238. The summed E-state index contributed by atoms with van der Waals surface area (Å²) in [5, 5.41) is 6.56. The van der Waals surface area contributed by atoms with Gasteiger partial charge in [0.15, 0.2) is 0 Å². The van der Waals surface area contributed by atoms with Gasteiger partial charge in [-0.2, -0.15) is 11.8 Å². The molecule has 0 bridgehead atoms. The molecule has 2 aliphatic rings. The Hall–Kier alpha value is -1.16. The average molecular weight is 290 g/mol. The van der Waals surface area contributed by atoms with Crippen LogP contribution in [0.3, 0.4) is 0 Å². The van der Waals surface area contributed by atoms with Crippen LogP contribution in [-0.2, 0) is 4.79 Å². The van der Waals surface area contributed by atoms with E-state index in [4.69, 9.17) is 0 Å². The molecule has 0 radical (unpaired) electrons. The molecule has 0 aliphatic carbocycles. The Bertz CT molecular complexity index is 497. The Balaban J connectivity index is 1.66. The molecule has 0 aromatic heterocycles. The monoisotopic (exact) mass is 290 g/mol. The van der Waals surface area contributed by atoms with E-state index in [1.807, 2.05) is 23.9 Å². The molecule has 3 rings (SSSR count). The van der Waals surface area contributed by atoms with Gasteiger partial charge >= 0.3 is 0 Å². The van der Waals surface area contributed by atoms with Gasteiger partial charge in [0.25, 0.3) is 0 Å². The number of benzene rings is 1. The zero-order valence-corrected chi connectivity index (χ0v) is 12.8. The number of nitrogens with one attached hydrogen (secondary N) is 2. The highest BCUT2D eigenvalue weighted by Crippen LogP contribution is 2.37. The van der Waals surface area contributed by atoms with Gasteiger partial charge in [-0.05, 0) is 43.6 Å². The molecule has 0 saturated carbocycles. The number of amides is 1. The predicted octanol–water partition coefficient (Wildman–Crippen LogP) is 2.99. The van der Waals surface area contributed by atoms with E-state index in [1.165, 1.54) is 18.6 Å². The van der Waals surface area contributed by atoms with Crippen molar-refractivity contribution in [1.82, 2.24) is 5.32 Å². The second kappa shape index (κ2) is 5.68. The third-order valence-corrected chi connectivity index (χ3v) is 5.88. The number of carbonyl (C=O) groups excluding carboxylic acids is 1. The Morgan fingerprint density at radius 1 is 1.50 bits per heavy atom. The second-order valence-electron chi connectivity index (χ2n) is 5.98. The first kappa shape index (κ1) is 13.8. The van der Waals surface area contributed by atoms with Gasteiger partial charge in [0, 0.05) is 23.5 Å². The average Bonchev–Trinajstić information content (AvgIpc) is 2.91. The number of para-hydroxylation sites is 1. The third-order valence-electron chi connectivity index (χ3n) is 4.34. The van der Waals surface area contributed by atoms with Crippen molar-refractivity contribution >= 4 is 23.4 Å². The molecule has 0 spiro atoms. The number of anilines is 1. The van der Waals surface area contributed by atoms with Gasteiger partial charge < -0.3 is 10.6 Å². The zero-order chi connectivity index (χ0) is 14.0. The summed E-state index contributed by atoms with van der Waals surface area (Å²) >= 11 is 1.99. The number of hydrogen-bond donors (Lipinski definition) is 2. The van der Waals surface area contributed by atoms with E-state index < -0.39 is 0 Å². The van der Waals surface area contributed by atoms with Crippen LogP contribution >= 0.6 is 11.8 Å². The van der Waals surface area contributed by atoms with Gasteiger partial charge in [-0.25, -0.2) is 0 Å². The molecule has 1 amide bonds. The number of hydrogen-bond acceptors (Lipinski definition) is 3. The lowest BCUT2D eigenvalue weighted by Crippen LogP contribution is -2.40. The third kappa shape index (κ3) is 2.80. The molecular formula is C16H22N2OS. The van der Waals surface area contributed by atoms with Crippen molar-refractivity contribution in [2.75, 3.05) is 24.2 Å². The van der Waals surface area contributed by atoms with E-state index in [1.54, 1.807) is 0 Å². The van der Waals surface area contributed by atoms with E-state index in [2.05, 4.69) is 29.7 Å². The van der Waals surface area contributed by atoms with Gasteiger partial charge in [-0.3, -0.25) is 4.79 Å². The molecule has 20 heavy (non-hydrogen) atoms. The highest BCUT2D eigenvalue weighted by atomic mass is 32.2. The van der Waals surface area contributed by atoms with E-state index in [0.29, 0.717) is 0 Å². The smallest absolute Gasteiger partial charge is 0.227 e. The fraction of sp³-hybridized carbons (Fsp3) is 0.562. The SMILES string of the molecule is CC1(CNC(=O)C2CCNc3ccccc32)CCCS1. The van der Waals surface area contributed by atoms with Crippen LogP contribution < -0.4 is 10.6 Å². The lowest BCUT2D eigenvalue weighted by molar-refractivity contribution is -0.122. The Kier molecular flexibility index (Phi) is 3.92. The van der Waals surface area contributed by atoms with Crippen LogP contribution in [0.5, 0.6) is 0 Å². The zero-order valence-electron chi connectivity index (χ0n) is 11.9. The lowest BCUT2D eigenvalue weighted by Gasteiger charge is -2.28. The fourth-order valence-electron chi connectivity index (χ4n) is 3.11. The Labute approximate surface area is 124 Å². The van der Waals surface area contributed by atoms with E-state index in [0.717, 1.165) is 30.8 Å². The first-order valence-corrected chi connectivity index (χ1v) is 8.41. The van der Waals surface area contributed by atoms with Crippen molar-refractivity contribution in [3.8, 4) is 0 Å². The highest BCUT2D eigenvalue weighted by Gasteiger charge is 2.32. The number of fused-ring (bicyclic) bond motifs is 1. The summed E-state index contributed by atoms with van der Waals surface area (Å²) in [4.78, 5) is 12.5. The van der Waals surface area contributed by atoms with Crippen LogP contribution in [0.2, 0.25) is 0 Å². The van der Waals surface area contributed by atoms with Crippen LogP contribution in [0.4, 0.5) is 5.69 Å². The molecule has 1 fully saturated rings. The van der Waals surface area contributed by atoms with Crippen LogP contribution in [0.15, 0.2) is 24.3 Å². The quantitative estimate of drug-likeness (QED) is 0.899. The first-order valence-electron chi connectivity index (χ1n) is 7.42. The molecule has 4 heteroatoms. The van der Waals surface area contributed by atoms with Gasteiger partial charge in [-0.15, -0.1) is 0 Å². The van der Waals surface area contributed by atoms with Crippen molar-refractivity contribution in [3.05, 3.63) is 29.8 Å². The molecular weight excluding hydrogens is 268 g/mol. The topological polar surface area (TPSA) is 41.1 Å². The number of carbonyl (C=O) groups is 1. The molecule has 108 valence electrons. The van der Waals surface area contributed by atoms with E-state index >= 15 is 0 Å². The molecule has 2 unspecified atom stereocenters. The number of thioether (sulfide) groups is 1. The minimum absolute atomic E-state index is 0.00227. The molecule has 2 atom stereocenters. The van der Waals surface area contributed by atoms with Gasteiger partial charge in [-0.1, -0.05) is 18.2 Å². The molecule has 1 aromatic rings. The van der Waals surface area contributed by atoms with Gasteiger partial charge in [0.1, 0.15) is 0 Å². The van der Waals surface area contributed by atoms with Gasteiger partial charge in [0.05, 0.1) is 5.92 Å². The van der Waals surface area contributed by atoms with Crippen LogP contribution in [0, 0.1) is 0 Å². The lowest BCUT2D eigenvalue weighted by atomic mass is 9.90. The van der Waals surface area contributed by atoms with Crippen LogP contribution in [0.1, 0.15) is 37.7 Å². The standard InChI is InChI=1S/C16H22N2OS/c1-16(8-4-10-20-16)11-18-15(19)13-7-9-17-14-6-3-2-5-12(13)14/h2-3,5-6,13,17H,4,7-11H2,1H3,(H,18,19). The first-order chi connectivity index (χ1) is 9.68. The van der Waals surface area contributed by atoms with Crippen LogP contribution in [-0.4, -0.2) is 29.5 Å². The molecule has 2 aliphatic heterocycles. The maximum atomic E-state index is 12.5.